The van der Waals surface area contributed by atoms with Gasteiger partial charge in [-0.2, -0.15) is 0 Å². The molecule has 118 valence electrons. The van der Waals surface area contributed by atoms with Crippen LogP contribution in [0.1, 0.15) is 11.1 Å². The second kappa shape index (κ2) is 6.42. The minimum atomic E-state index is -1.54. The van der Waals surface area contributed by atoms with E-state index in [1.807, 2.05) is 26.0 Å². The van der Waals surface area contributed by atoms with E-state index in [9.17, 15) is 5.11 Å². The van der Waals surface area contributed by atoms with E-state index in [4.69, 9.17) is 0 Å². The molecule has 3 heteroatoms. The molecule has 0 amide bonds. The first kappa shape index (κ1) is 16.2. The van der Waals surface area contributed by atoms with Crippen LogP contribution in [-0.2, 0) is 0 Å². The van der Waals surface area contributed by atoms with Gasteiger partial charge in [-0.1, -0.05) is 36.4 Å². The molecule has 0 aliphatic heterocycles. The predicted molar refractivity (Wildman–Crippen MR) is 102 cm³/mol. The number of rotatable bonds is 3. The summed E-state index contributed by atoms with van der Waals surface area (Å²) in [5, 5.41) is 10.1. The van der Waals surface area contributed by atoms with Crippen LogP contribution in [-0.4, -0.2) is 5.11 Å². The Morgan fingerprint density at radius 1 is 0.696 bits per heavy atom. The summed E-state index contributed by atoms with van der Waals surface area (Å²) in [4.78, 5) is 3.69. The van der Waals surface area contributed by atoms with Crippen molar-refractivity contribution < 1.29 is 5.11 Å². The summed E-state index contributed by atoms with van der Waals surface area (Å²) in [5.74, 6) is 0.379. The molecule has 0 atom stereocenters. The Kier molecular flexibility index (Phi) is 4.51. The second-order valence-electron chi connectivity index (χ2n) is 5.57. The molecular formula is C20H19BrOS. The van der Waals surface area contributed by atoms with E-state index >= 15 is 0 Å². The lowest BCUT2D eigenvalue weighted by Crippen LogP contribution is -1.97. The topological polar surface area (TPSA) is 20.2 Å². The Labute approximate surface area is 146 Å². The highest BCUT2D eigenvalue weighted by Gasteiger charge is 2.28. The molecule has 0 heterocycles. The number of aryl methyl sites for hydroxylation is 2. The zero-order chi connectivity index (χ0) is 16.4. The minimum Gasteiger partial charge on any atom is -0.507 e. The van der Waals surface area contributed by atoms with Gasteiger partial charge in [0.1, 0.15) is 5.75 Å². The first-order valence-corrected chi connectivity index (χ1v) is 10.9. The van der Waals surface area contributed by atoms with Crippen LogP contribution in [0.3, 0.4) is 0 Å². The second-order valence-corrected chi connectivity index (χ2v) is 11.0. The van der Waals surface area contributed by atoms with Gasteiger partial charge < -0.3 is 5.11 Å². The van der Waals surface area contributed by atoms with Gasteiger partial charge in [-0.05, 0) is 76.2 Å². The van der Waals surface area contributed by atoms with Crippen molar-refractivity contribution in [2.24, 2.45) is 0 Å². The molecule has 3 aromatic carbocycles. The molecule has 0 saturated heterocycles. The van der Waals surface area contributed by atoms with Gasteiger partial charge in [0.05, 0.1) is 0 Å². The Morgan fingerprint density at radius 3 is 1.48 bits per heavy atom. The highest BCUT2D eigenvalue weighted by Crippen LogP contribution is 2.74. The van der Waals surface area contributed by atoms with Crippen molar-refractivity contribution in [3.63, 3.8) is 0 Å². The molecule has 3 rings (SSSR count). The summed E-state index contributed by atoms with van der Waals surface area (Å²) in [6, 6.07) is 25.2. The van der Waals surface area contributed by atoms with Gasteiger partial charge in [-0.3, -0.25) is 0 Å². The average Bonchev–Trinajstić information content (AvgIpc) is 2.60. The van der Waals surface area contributed by atoms with Crippen LogP contribution in [0.4, 0.5) is 0 Å². The summed E-state index contributed by atoms with van der Waals surface area (Å²) in [6.45, 7) is 3.91. The fourth-order valence-electron chi connectivity index (χ4n) is 2.70. The summed E-state index contributed by atoms with van der Waals surface area (Å²) >= 11 is 4.10. The van der Waals surface area contributed by atoms with Crippen molar-refractivity contribution in [2.75, 3.05) is 0 Å². The standard InChI is InChI=1S/C20H19BrOS/c1-15-13-19(14-16(2)20(15)22)23(21,17-9-5-3-6-10-17)18-11-7-4-8-12-18/h3-14,22H,1-2H3. The number of phenolic OH excluding ortho intramolecular Hbond substituents is 1. The van der Waals surface area contributed by atoms with E-state index in [2.05, 4.69) is 75.5 Å². The van der Waals surface area contributed by atoms with Crippen molar-refractivity contribution in [3.05, 3.63) is 83.9 Å². The maximum atomic E-state index is 10.1. The molecular weight excluding hydrogens is 368 g/mol. The van der Waals surface area contributed by atoms with Crippen LogP contribution >= 0.6 is 23.3 Å². The molecule has 0 unspecified atom stereocenters. The molecule has 23 heavy (non-hydrogen) atoms. The van der Waals surface area contributed by atoms with Crippen LogP contribution in [0, 0.1) is 13.8 Å². The highest BCUT2D eigenvalue weighted by molar-refractivity contribution is 9.58. The van der Waals surface area contributed by atoms with Gasteiger partial charge in [-0.15, -0.1) is 8.46 Å². The third kappa shape index (κ3) is 2.91. The fraction of sp³-hybridized carbons (Fsp3) is 0.100. The molecule has 1 N–H and O–H groups in total. The molecule has 0 radical (unpaired) electrons. The lowest BCUT2D eigenvalue weighted by molar-refractivity contribution is 0.466. The molecule has 1 nitrogen and oxygen atoms in total. The number of hydrogen-bond acceptors (Lipinski definition) is 1. The SMILES string of the molecule is Cc1cc(S(Br)(c2ccccc2)c2ccccc2)cc(C)c1O. The third-order valence-electron chi connectivity index (χ3n) is 3.93. The molecule has 0 bridgehead atoms. The first-order chi connectivity index (χ1) is 11.0. The third-order valence-corrected chi connectivity index (χ3v) is 10.0. The van der Waals surface area contributed by atoms with Crippen molar-refractivity contribution in [1.82, 2.24) is 0 Å². The maximum absolute atomic E-state index is 10.1. The Balaban J connectivity index is 2.29. The molecule has 0 aliphatic carbocycles. The number of phenols is 1. The predicted octanol–water partition coefficient (Wildman–Crippen LogP) is 6.60. The Hall–Kier alpha value is -1.71. The Bertz CT molecular complexity index is 753. The lowest BCUT2D eigenvalue weighted by Gasteiger charge is -2.35. The monoisotopic (exact) mass is 386 g/mol. The van der Waals surface area contributed by atoms with Gasteiger partial charge in [0.2, 0.25) is 0 Å². The van der Waals surface area contributed by atoms with Crippen LogP contribution in [0.5, 0.6) is 5.75 Å². The zero-order valence-corrected chi connectivity index (χ0v) is 15.6. The van der Waals surface area contributed by atoms with Gasteiger partial charge in [0, 0.05) is 14.7 Å². The van der Waals surface area contributed by atoms with E-state index in [-0.39, 0.29) is 0 Å². The van der Waals surface area contributed by atoms with Gasteiger partial charge in [-0.25, -0.2) is 0 Å². The fourth-order valence-corrected chi connectivity index (χ4v) is 7.12. The largest absolute Gasteiger partial charge is 0.507 e. The summed E-state index contributed by atoms with van der Waals surface area (Å²) in [6.07, 6.45) is 0. The van der Waals surface area contributed by atoms with Gasteiger partial charge in [0.15, 0.2) is 0 Å². The summed E-state index contributed by atoms with van der Waals surface area (Å²) in [7, 11) is -1.54. The lowest BCUT2D eigenvalue weighted by atomic mass is 10.1. The van der Waals surface area contributed by atoms with Crippen LogP contribution in [0.15, 0.2) is 87.5 Å². The molecule has 0 spiro atoms. The van der Waals surface area contributed by atoms with E-state index in [0.717, 1.165) is 11.1 Å². The van der Waals surface area contributed by atoms with Crippen LogP contribution in [0.25, 0.3) is 0 Å². The molecule has 3 aromatic rings. The molecule has 0 aliphatic rings. The molecule has 0 fully saturated rings. The van der Waals surface area contributed by atoms with Crippen molar-refractivity contribution in [1.29, 1.82) is 0 Å². The zero-order valence-electron chi connectivity index (χ0n) is 13.2. The molecule has 0 aromatic heterocycles. The first-order valence-electron chi connectivity index (χ1n) is 7.47. The van der Waals surface area contributed by atoms with Crippen molar-refractivity contribution in [3.8, 4) is 5.75 Å². The quantitative estimate of drug-likeness (QED) is 0.537. The van der Waals surface area contributed by atoms with E-state index in [1.165, 1.54) is 14.7 Å². The average molecular weight is 387 g/mol. The number of benzene rings is 3. The summed E-state index contributed by atoms with van der Waals surface area (Å²) in [5.41, 5.74) is 1.81. The smallest absolute Gasteiger partial charge is 0.121 e. The number of hydrogen-bond donors (Lipinski definition) is 1. The minimum absolute atomic E-state index is 0.379. The van der Waals surface area contributed by atoms with Gasteiger partial charge >= 0.3 is 0 Å². The van der Waals surface area contributed by atoms with Crippen LogP contribution in [0.2, 0.25) is 0 Å². The van der Waals surface area contributed by atoms with Crippen molar-refractivity contribution in [2.45, 2.75) is 28.5 Å². The molecule has 0 saturated carbocycles. The van der Waals surface area contributed by atoms with E-state index < -0.39 is 8.46 Å². The van der Waals surface area contributed by atoms with Crippen molar-refractivity contribution >= 4 is 23.3 Å². The maximum Gasteiger partial charge on any atom is 0.121 e. The van der Waals surface area contributed by atoms with Gasteiger partial charge in [0.25, 0.3) is 0 Å². The van der Waals surface area contributed by atoms with E-state index in [1.54, 1.807) is 0 Å². The normalized spacial score (nSPS) is 12.1. The number of halogens is 1. The van der Waals surface area contributed by atoms with Crippen LogP contribution < -0.4 is 0 Å². The highest BCUT2D eigenvalue weighted by atomic mass is 79.9. The number of aromatic hydroxyl groups is 1. The Morgan fingerprint density at radius 2 is 1.09 bits per heavy atom. The van der Waals surface area contributed by atoms with E-state index in [0.29, 0.717) is 5.75 Å². The summed E-state index contributed by atoms with van der Waals surface area (Å²) < 4.78 is 0.